The molecule has 4 heterocycles. The van der Waals surface area contributed by atoms with Gasteiger partial charge in [0, 0.05) is 22.4 Å². The molecule has 0 aliphatic rings. The van der Waals surface area contributed by atoms with Crippen molar-refractivity contribution in [1.82, 2.24) is 10.1 Å². The first-order chi connectivity index (χ1) is 12.3. The number of hydrogen-bond acceptors (Lipinski definition) is 8. The zero-order valence-corrected chi connectivity index (χ0v) is 15.3. The number of thiazole rings is 1. The van der Waals surface area contributed by atoms with Crippen molar-refractivity contribution in [3.8, 4) is 21.2 Å². The molecule has 0 bridgehead atoms. The van der Waals surface area contributed by atoms with E-state index in [0.717, 1.165) is 21.1 Å². The maximum Gasteiger partial charge on any atom is 0.312 e. The number of esters is 1. The molecule has 0 saturated carbocycles. The molecular formula is C17H12N2O3S3. The molecule has 4 rings (SSSR count). The zero-order chi connectivity index (χ0) is 17.1. The fourth-order valence-corrected chi connectivity index (χ4v) is 4.38. The van der Waals surface area contributed by atoms with Gasteiger partial charge >= 0.3 is 5.97 Å². The van der Waals surface area contributed by atoms with Crippen LogP contribution >= 0.6 is 34.0 Å². The van der Waals surface area contributed by atoms with Crippen LogP contribution < -0.4 is 0 Å². The summed E-state index contributed by atoms with van der Waals surface area (Å²) < 4.78 is 10.5. The average Bonchev–Trinajstić information content (AvgIpc) is 3.40. The van der Waals surface area contributed by atoms with E-state index in [1.807, 2.05) is 39.7 Å². The summed E-state index contributed by atoms with van der Waals surface area (Å²) in [5.74, 6) is 0.351. The van der Waals surface area contributed by atoms with E-state index >= 15 is 0 Å². The number of aromatic nitrogens is 2. The molecule has 0 aliphatic heterocycles. The van der Waals surface area contributed by atoms with Gasteiger partial charge in [-0.1, -0.05) is 11.2 Å². The molecule has 0 amide bonds. The molecule has 126 valence electrons. The van der Waals surface area contributed by atoms with Crippen molar-refractivity contribution in [1.29, 1.82) is 0 Å². The summed E-state index contributed by atoms with van der Waals surface area (Å²) in [7, 11) is 0. The second-order valence-corrected chi connectivity index (χ2v) is 7.74. The summed E-state index contributed by atoms with van der Waals surface area (Å²) in [6, 6.07) is 7.70. The van der Waals surface area contributed by atoms with Crippen LogP contribution in [0.3, 0.4) is 0 Å². The van der Waals surface area contributed by atoms with Gasteiger partial charge in [-0.05, 0) is 22.9 Å². The minimum atomic E-state index is -0.331. The molecule has 8 heteroatoms. The summed E-state index contributed by atoms with van der Waals surface area (Å²) in [5.41, 5.74) is 2.39. The Kier molecular flexibility index (Phi) is 4.73. The third-order valence-corrected chi connectivity index (χ3v) is 5.86. The topological polar surface area (TPSA) is 65.2 Å². The SMILES string of the molecule is O=C(Cc1csc(-c2ccsc2)n1)OCc1cc(-c2cccs2)on1. The standard InChI is InChI=1S/C17H12N2O3S3/c20-16(7-13-10-25-17(18-13)11-3-5-23-9-11)21-8-12-6-14(22-19-12)15-2-1-4-24-15/h1-6,9-10H,7-8H2. The van der Waals surface area contributed by atoms with E-state index < -0.39 is 0 Å². The van der Waals surface area contributed by atoms with Crippen LogP contribution in [-0.2, 0) is 22.6 Å². The molecular weight excluding hydrogens is 376 g/mol. The van der Waals surface area contributed by atoms with Crippen LogP contribution in [0.15, 0.2) is 50.3 Å². The first-order valence-corrected chi connectivity index (χ1v) is 10.1. The highest BCUT2D eigenvalue weighted by Gasteiger charge is 2.13. The fourth-order valence-electron chi connectivity index (χ4n) is 2.17. The molecule has 4 aromatic heterocycles. The van der Waals surface area contributed by atoms with Crippen LogP contribution in [0.4, 0.5) is 0 Å². The Morgan fingerprint density at radius 1 is 1.16 bits per heavy atom. The maximum absolute atomic E-state index is 12.0. The molecule has 0 aromatic carbocycles. The first kappa shape index (κ1) is 16.2. The van der Waals surface area contributed by atoms with Crippen molar-refractivity contribution >= 4 is 40.0 Å². The molecule has 0 saturated heterocycles. The lowest BCUT2D eigenvalue weighted by atomic mass is 10.3. The van der Waals surface area contributed by atoms with E-state index in [1.54, 1.807) is 28.7 Å². The van der Waals surface area contributed by atoms with Crippen LogP contribution in [0.2, 0.25) is 0 Å². The van der Waals surface area contributed by atoms with Gasteiger partial charge in [0.2, 0.25) is 0 Å². The normalized spacial score (nSPS) is 10.9. The van der Waals surface area contributed by atoms with Gasteiger partial charge in [-0.3, -0.25) is 4.79 Å². The lowest BCUT2D eigenvalue weighted by Crippen LogP contribution is -2.08. The Labute approximate surface area is 155 Å². The zero-order valence-electron chi connectivity index (χ0n) is 12.9. The van der Waals surface area contributed by atoms with Crippen LogP contribution in [0, 0.1) is 0 Å². The molecule has 0 atom stereocenters. The second-order valence-electron chi connectivity index (χ2n) is 5.15. The van der Waals surface area contributed by atoms with Crippen molar-refractivity contribution in [2.75, 3.05) is 0 Å². The minimum Gasteiger partial charge on any atom is -0.459 e. The van der Waals surface area contributed by atoms with Gasteiger partial charge in [-0.15, -0.1) is 22.7 Å². The van der Waals surface area contributed by atoms with E-state index in [1.165, 1.54) is 11.3 Å². The molecule has 4 aromatic rings. The summed E-state index contributed by atoms with van der Waals surface area (Å²) in [6.07, 6.45) is 0.149. The van der Waals surface area contributed by atoms with Crippen molar-refractivity contribution in [2.45, 2.75) is 13.0 Å². The van der Waals surface area contributed by atoms with Crippen LogP contribution in [0.5, 0.6) is 0 Å². The highest BCUT2D eigenvalue weighted by atomic mass is 32.1. The fraction of sp³-hybridized carbons (Fsp3) is 0.118. The Hall–Kier alpha value is -2.29. The van der Waals surface area contributed by atoms with Gasteiger partial charge in [-0.2, -0.15) is 11.3 Å². The Balaban J connectivity index is 1.32. The van der Waals surface area contributed by atoms with Gasteiger partial charge in [0.15, 0.2) is 5.76 Å². The van der Waals surface area contributed by atoms with Crippen LogP contribution in [0.25, 0.3) is 21.2 Å². The molecule has 0 unspecified atom stereocenters. The van der Waals surface area contributed by atoms with Crippen molar-refractivity contribution < 1.29 is 14.1 Å². The quantitative estimate of drug-likeness (QED) is 0.441. The van der Waals surface area contributed by atoms with Gasteiger partial charge in [-0.25, -0.2) is 4.98 Å². The van der Waals surface area contributed by atoms with Crippen LogP contribution in [-0.4, -0.2) is 16.1 Å². The lowest BCUT2D eigenvalue weighted by molar-refractivity contribution is -0.144. The molecule has 25 heavy (non-hydrogen) atoms. The number of rotatable bonds is 6. The monoisotopic (exact) mass is 388 g/mol. The number of carbonyl (C=O) groups excluding carboxylic acids is 1. The summed E-state index contributed by atoms with van der Waals surface area (Å²) in [5, 5.41) is 12.8. The van der Waals surface area contributed by atoms with E-state index in [9.17, 15) is 4.79 Å². The number of ether oxygens (including phenoxy) is 1. The van der Waals surface area contributed by atoms with Crippen molar-refractivity contribution in [2.24, 2.45) is 0 Å². The van der Waals surface area contributed by atoms with Gasteiger partial charge in [0.25, 0.3) is 0 Å². The van der Waals surface area contributed by atoms with Gasteiger partial charge in [0.1, 0.15) is 17.3 Å². The Morgan fingerprint density at radius 3 is 2.92 bits per heavy atom. The largest absolute Gasteiger partial charge is 0.459 e. The predicted molar refractivity (Wildman–Crippen MR) is 98.7 cm³/mol. The van der Waals surface area contributed by atoms with Gasteiger partial charge in [0.05, 0.1) is 17.0 Å². The van der Waals surface area contributed by atoms with Crippen molar-refractivity contribution in [3.05, 3.63) is 57.2 Å². The molecule has 0 fully saturated rings. The summed E-state index contributed by atoms with van der Waals surface area (Å²) in [4.78, 5) is 17.5. The number of carbonyl (C=O) groups is 1. The molecule has 0 spiro atoms. The maximum atomic E-state index is 12.0. The number of hydrogen-bond donors (Lipinski definition) is 0. The molecule has 5 nitrogen and oxygen atoms in total. The average molecular weight is 388 g/mol. The first-order valence-electron chi connectivity index (χ1n) is 7.40. The van der Waals surface area contributed by atoms with E-state index in [-0.39, 0.29) is 19.0 Å². The molecule has 0 N–H and O–H groups in total. The van der Waals surface area contributed by atoms with Gasteiger partial charge < -0.3 is 9.26 Å². The highest BCUT2D eigenvalue weighted by molar-refractivity contribution is 7.14. The van der Waals surface area contributed by atoms with E-state index in [4.69, 9.17) is 9.26 Å². The van der Waals surface area contributed by atoms with Crippen molar-refractivity contribution in [3.63, 3.8) is 0 Å². The second kappa shape index (κ2) is 7.30. The summed E-state index contributed by atoms with van der Waals surface area (Å²) >= 11 is 4.72. The van der Waals surface area contributed by atoms with Crippen LogP contribution in [0.1, 0.15) is 11.4 Å². The third-order valence-electron chi connectivity index (χ3n) is 3.35. The predicted octanol–water partition coefficient (Wildman–Crippen LogP) is 4.87. The highest BCUT2D eigenvalue weighted by Crippen LogP contribution is 2.26. The number of nitrogens with zero attached hydrogens (tertiary/aromatic N) is 2. The Bertz CT molecular complexity index is 955. The Morgan fingerprint density at radius 2 is 2.12 bits per heavy atom. The molecule has 0 radical (unpaired) electrons. The minimum absolute atomic E-state index is 0.0925. The van der Waals surface area contributed by atoms with E-state index in [0.29, 0.717) is 11.5 Å². The van der Waals surface area contributed by atoms with E-state index in [2.05, 4.69) is 10.1 Å². The third kappa shape index (κ3) is 3.87. The summed E-state index contributed by atoms with van der Waals surface area (Å²) in [6.45, 7) is 0.0925. The molecule has 0 aliphatic carbocycles. The lowest BCUT2D eigenvalue weighted by Gasteiger charge is -2.00. The number of thiophene rings is 2. The smallest absolute Gasteiger partial charge is 0.312 e.